The molecule has 0 radical (unpaired) electrons. The van der Waals surface area contributed by atoms with E-state index in [-0.39, 0.29) is 0 Å². The largest absolute Gasteiger partial charge is 0.387 e. The number of aromatic nitrogens is 3. The molecule has 0 saturated heterocycles. The van der Waals surface area contributed by atoms with Gasteiger partial charge in [-0.2, -0.15) is 0 Å². The molecule has 1 N–H and O–H groups in total. The van der Waals surface area contributed by atoms with Crippen LogP contribution in [0.2, 0.25) is 0 Å². The van der Waals surface area contributed by atoms with Crippen LogP contribution >= 0.6 is 0 Å². The zero-order chi connectivity index (χ0) is 8.27. The van der Waals surface area contributed by atoms with E-state index in [4.69, 9.17) is 5.11 Å². The summed E-state index contributed by atoms with van der Waals surface area (Å²) in [7, 11) is 0. The fraction of sp³-hybridized carbons (Fsp3) is 0.714. The molecule has 62 valence electrons. The van der Waals surface area contributed by atoms with Crippen LogP contribution in [-0.2, 0) is 6.54 Å². The number of aliphatic hydroxyl groups is 1. The molecule has 0 aliphatic rings. The summed E-state index contributed by atoms with van der Waals surface area (Å²) in [6, 6.07) is 0. The molecular weight excluding hydrogens is 142 g/mol. The molecule has 0 saturated carbocycles. The molecule has 0 aliphatic heterocycles. The normalized spacial score (nSPS) is 13.4. The molecule has 1 heterocycles. The summed E-state index contributed by atoms with van der Waals surface area (Å²) in [6.07, 6.45) is 2.29. The summed E-state index contributed by atoms with van der Waals surface area (Å²) in [5.74, 6) is 0. The Hall–Kier alpha value is -0.900. The van der Waals surface area contributed by atoms with Crippen molar-refractivity contribution in [2.45, 2.75) is 32.9 Å². The van der Waals surface area contributed by atoms with Gasteiger partial charge >= 0.3 is 0 Å². The second kappa shape index (κ2) is 3.48. The minimum absolute atomic E-state index is 0.513. The Balaban J connectivity index is 2.66. The number of hydrogen-bond donors (Lipinski definition) is 1. The molecule has 11 heavy (non-hydrogen) atoms. The van der Waals surface area contributed by atoms with Crippen LogP contribution in [-0.4, -0.2) is 20.1 Å². The third kappa shape index (κ3) is 2.01. The van der Waals surface area contributed by atoms with Crippen molar-refractivity contribution in [3.8, 4) is 0 Å². The quantitative estimate of drug-likeness (QED) is 0.700. The maximum atomic E-state index is 9.09. The van der Waals surface area contributed by atoms with Crippen molar-refractivity contribution >= 4 is 0 Å². The number of rotatable bonds is 3. The van der Waals surface area contributed by atoms with E-state index in [9.17, 15) is 0 Å². The Labute approximate surface area is 65.8 Å². The molecule has 1 aromatic rings. The van der Waals surface area contributed by atoms with Crippen molar-refractivity contribution in [3.05, 3.63) is 11.9 Å². The molecule has 0 aromatic carbocycles. The van der Waals surface area contributed by atoms with Crippen LogP contribution in [0.5, 0.6) is 0 Å². The van der Waals surface area contributed by atoms with Gasteiger partial charge in [0.2, 0.25) is 0 Å². The lowest BCUT2D eigenvalue weighted by molar-refractivity contribution is 0.194. The predicted molar refractivity (Wildman–Crippen MR) is 40.9 cm³/mol. The first-order valence-corrected chi connectivity index (χ1v) is 3.82. The van der Waals surface area contributed by atoms with Crippen LogP contribution in [0.1, 0.15) is 32.1 Å². The SMILES string of the molecule is CCCn1cc([C@@H](C)O)nn1. The third-order valence-corrected chi connectivity index (χ3v) is 1.44. The molecule has 0 amide bonds. The van der Waals surface area contributed by atoms with Gasteiger partial charge in [0.15, 0.2) is 0 Å². The average Bonchev–Trinajstić information content (AvgIpc) is 2.37. The smallest absolute Gasteiger partial charge is 0.111 e. The van der Waals surface area contributed by atoms with Gasteiger partial charge < -0.3 is 5.11 Å². The second-order valence-electron chi connectivity index (χ2n) is 2.58. The van der Waals surface area contributed by atoms with Crippen LogP contribution in [0.15, 0.2) is 6.20 Å². The maximum Gasteiger partial charge on any atom is 0.111 e. The maximum absolute atomic E-state index is 9.09. The Morgan fingerprint density at radius 2 is 2.45 bits per heavy atom. The Kier molecular flexibility index (Phi) is 2.59. The van der Waals surface area contributed by atoms with Gasteiger partial charge in [-0.15, -0.1) is 5.10 Å². The Morgan fingerprint density at radius 3 is 2.91 bits per heavy atom. The first-order chi connectivity index (χ1) is 5.24. The van der Waals surface area contributed by atoms with Crippen molar-refractivity contribution in [1.82, 2.24) is 15.0 Å². The van der Waals surface area contributed by atoms with E-state index < -0.39 is 6.10 Å². The van der Waals surface area contributed by atoms with Gasteiger partial charge in [-0.25, -0.2) is 0 Å². The Morgan fingerprint density at radius 1 is 1.73 bits per heavy atom. The molecule has 0 spiro atoms. The zero-order valence-electron chi connectivity index (χ0n) is 6.86. The van der Waals surface area contributed by atoms with Gasteiger partial charge in [-0.3, -0.25) is 4.68 Å². The molecule has 0 bridgehead atoms. The summed E-state index contributed by atoms with van der Waals surface area (Å²) < 4.78 is 1.74. The van der Waals surface area contributed by atoms with Crippen LogP contribution in [0.3, 0.4) is 0 Å². The second-order valence-corrected chi connectivity index (χ2v) is 2.58. The number of aryl methyl sites for hydroxylation is 1. The van der Waals surface area contributed by atoms with Gasteiger partial charge in [-0.05, 0) is 13.3 Å². The topological polar surface area (TPSA) is 50.9 Å². The summed E-state index contributed by atoms with van der Waals surface area (Å²) in [6.45, 7) is 4.61. The highest BCUT2D eigenvalue weighted by atomic mass is 16.3. The van der Waals surface area contributed by atoms with Gasteiger partial charge in [0.1, 0.15) is 5.69 Å². The number of aliphatic hydroxyl groups excluding tert-OH is 1. The van der Waals surface area contributed by atoms with Crippen LogP contribution < -0.4 is 0 Å². The summed E-state index contributed by atoms with van der Waals surface area (Å²) in [4.78, 5) is 0. The van der Waals surface area contributed by atoms with E-state index in [0.717, 1.165) is 13.0 Å². The van der Waals surface area contributed by atoms with Gasteiger partial charge in [0.25, 0.3) is 0 Å². The van der Waals surface area contributed by atoms with E-state index in [0.29, 0.717) is 5.69 Å². The van der Waals surface area contributed by atoms with E-state index in [1.165, 1.54) is 0 Å². The monoisotopic (exact) mass is 155 g/mol. The third-order valence-electron chi connectivity index (χ3n) is 1.44. The first kappa shape index (κ1) is 8.20. The molecule has 1 rings (SSSR count). The molecule has 0 aliphatic carbocycles. The van der Waals surface area contributed by atoms with Crippen molar-refractivity contribution < 1.29 is 5.11 Å². The molecule has 1 aromatic heterocycles. The lowest BCUT2D eigenvalue weighted by Crippen LogP contribution is -1.96. The summed E-state index contributed by atoms with van der Waals surface area (Å²) >= 11 is 0. The van der Waals surface area contributed by atoms with Gasteiger partial charge in [-0.1, -0.05) is 12.1 Å². The van der Waals surface area contributed by atoms with Crippen LogP contribution in [0.4, 0.5) is 0 Å². The lowest BCUT2D eigenvalue weighted by atomic mass is 10.3. The van der Waals surface area contributed by atoms with E-state index in [1.807, 2.05) is 0 Å². The minimum Gasteiger partial charge on any atom is -0.387 e. The number of hydrogen-bond acceptors (Lipinski definition) is 3. The average molecular weight is 155 g/mol. The van der Waals surface area contributed by atoms with Crippen molar-refractivity contribution in [2.75, 3.05) is 0 Å². The number of nitrogens with zero attached hydrogens (tertiary/aromatic N) is 3. The van der Waals surface area contributed by atoms with Crippen molar-refractivity contribution in [3.63, 3.8) is 0 Å². The van der Waals surface area contributed by atoms with Crippen LogP contribution in [0.25, 0.3) is 0 Å². The zero-order valence-corrected chi connectivity index (χ0v) is 6.86. The lowest BCUT2D eigenvalue weighted by Gasteiger charge is -1.95. The van der Waals surface area contributed by atoms with Crippen molar-refractivity contribution in [1.29, 1.82) is 0 Å². The van der Waals surface area contributed by atoms with E-state index in [1.54, 1.807) is 17.8 Å². The highest BCUT2D eigenvalue weighted by molar-refractivity contribution is 4.95. The first-order valence-electron chi connectivity index (χ1n) is 3.82. The predicted octanol–water partition coefficient (Wildman–Crippen LogP) is 0.741. The molecule has 4 nitrogen and oxygen atoms in total. The van der Waals surface area contributed by atoms with Gasteiger partial charge in [0.05, 0.1) is 12.3 Å². The van der Waals surface area contributed by atoms with E-state index >= 15 is 0 Å². The van der Waals surface area contributed by atoms with Gasteiger partial charge in [0, 0.05) is 6.54 Å². The van der Waals surface area contributed by atoms with Crippen molar-refractivity contribution in [2.24, 2.45) is 0 Å². The highest BCUT2D eigenvalue weighted by Gasteiger charge is 2.04. The van der Waals surface area contributed by atoms with Crippen LogP contribution in [0, 0.1) is 0 Å². The van der Waals surface area contributed by atoms with E-state index in [2.05, 4.69) is 17.2 Å². The summed E-state index contributed by atoms with van der Waals surface area (Å²) in [5.41, 5.74) is 0.637. The molecule has 4 heteroatoms. The Bertz CT molecular complexity index is 219. The highest BCUT2D eigenvalue weighted by Crippen LogP contribution is 2.05. The minimum atomic E-state index is -0.513. The fourth-order valence-corrected chi connectivity index (χ4v) is 0.843. The molecule has 0 unspecified atom stereocenters. The molecule has 0 fully saturated rings. The fourth-order valence-electron chi connectivity index (χ4n) is 0.843. The molecule has 1 atom stereocenters. The molecular formula is C7H13N3O. The summed E-state index contributed by atoms with van der Waals surface area (Å²) in [5, 5.41) is 16.7. The standard InChI is InChI=1S/C7H13N3O/c1-3-4-10-5-7(6(2)11)8-9-10/h5-6,11H,3-4H2,1-2H3/t6-/m1/s1.